The molecule has 0 bridgehead atoms. The molecule has 7 heteroatoms. The zero-order chi connectivity index (χ0) is 20.0. The van der Waals surface area contributed by atoms with Gasteiger partial charge in [0, 0.05) is 22.9 Å². The molecule has 1 aromatic heterocycles. The Hall–Kier alpha value is -4.26. The Labute approximate surface area is 164 Å². The maximum atomic E-state index is 13.4. The molecule has 0 unspecified atom stereocenters. The average Bonchev–Trinajstić information content (AvgIpc) is 3.16. The van der Waals surface area contributed by atoms with Gasteiger partial charge in [0.1, 0.15) is 22.7 Å². The molecule has 3 aromatic carbocycles. The molecule has 1 heterocycles. The van der Waals surface area contributed by atoms with Gasteiger partial charge in [0.15, 0.2) is 0 Å². The lowest BCUT2D eigenvalue weighted by Crippen LogP contribution is -2.28. The summed E-state index contributed by atoms with van der Waals surface area (Å²) in [6.07, 6.45) is 0. The van der Waals surface area contributed by atoms with Crippen molar-refractivity contribution < 1.29 is 14.7 Å². The molecule has 1 aliphatic carbocycles. The molecule has 0 saturated heterocycles. The third kappa shape index (κ3) is 2.68. The highest BCUT2D eigenvalue weighted by atomic mass is 16.3. The highest BCUT2D eigenvalue weighted by molar-refractivity contribution is 6.38. The minimum atomic E-state index is -0.335. The number of hydrogen-bond acceptors (Lipinski definition) is 6. The van der Waals surface area contributed by atoms with Crippen molar-refractivity contribution in [3.05, 3.63) is 89.6 Å². The van der Waals surface area contributed by atoms with E-state index in [1.165, 1.54) is 16.8 Å². The summed E-state index contributed by atoms with van der Waals surface area (Å²) >= 11 is 0. The van der Waals surface area contributed by atoms with Crippen molar-refractivity contribution in [3.63, 3.8) is 0 Å². The number of phenolic OH excluding ortho intramolecular Hbond substituents is 1. The number of nitrogens with zero attached hydrogens (tertiary/aromatic N) is 3. The van der Waals surface area contributed by atoms with Gasteiger partial charge in [0.05, 0.1) is 5.52 Å². The van der Waals surface area contributed by atoms with Crippen LogP contribution in [-0.4, -0.2) is 31.7 Å². The molecule has 2 N–H and O–H groups in total. The van der Waals surface area contributed by atoms with Crippen LogP contribution in [0.5, 0.6) is 5.75 Å². The second kappa shape index (κ2) is 6.42. The van der Waals surface area contributed by atoms with Crippen LogP contribution >= 0.6 is 0 Å². The van der Waals surface area contributed by atoms with Gasteiger partial charge in [-0.05, 0) is 24.3 Å². The van der Waals surface area contributed by atoms with E-state index < -0.39 is 0 Å². The minimum Gasteiger partial charge on any atom is -0.508 e. The molecule has 7 nitrogen and oxygen atoms in total. The number of ketones is 2. The number of nitrogens with one attached hydrogen (secondary N) is 1. The van der Waals surface area contributed by atoms with E-state index in [1.807, 2.05) is 12.1 Å². The molecule has 140 valence electrons. The van der Waals surface area contributed by atoms with Crippen LogP contribution in [0.15, 0.2) is 78.5 Å². The van der Waals surface area contributed by atoms with Crippen LogP contribution in [0.3, 0.4) is 0 Å². The fraction of sp³-hybridized carbons (Fsp3) is 0. The van der Waals surface area contributed by atoms with Crippen LogP contribution in [0.1, 0.15) is 20.7 Å². The quantitative estimate of drug-likeness (QED) is 0.563. The highest BCUT2D eigenvalue weighted by Crippen LogP contribution is 2.31. The Morgan fingerprint density at radius 3 is 2.34 bits per heavy atom. The molecule has 0 spiro atoms. The Kier molecular flexibility index (Phi) is 3.74. The van der Waals surface area contributed by atoms with E-state index in [-0.39, 0.29) is 28.7 Å². The maximum absolute atomic E-state index is 13.4. The Bertz CT molecular complexity index is 1340. The number of hydrogen-bond donors (Lipinski definition) is 2. The number of aromatic nitrogens is 3. The number of allylic oxidation sites excluding steroid dienone is 2. The van der Waals surface area contributed by atoms with Gasteiger partial charge < -0.3 is 10.4 Å². The molecule has 0 aliphatic heterocycles. The Morgan fingerprint density at radius 2 is 1.55 bits per heavy atom. The summed E-state index contributed by atoms with van der Waals surface area (Å²) in [4.78, 5) is 26.7. The third-order valence-electron chi connectivity index (χ3n) is 4.77. The summed E-state index contributed by atoms with van der Waals surface area (Å²) in [5.74, 6) is -0.630. The number of fused-ring (bicyclic) bond motifs is 2. The Morgan fingerprint density at radius 1 is 0.828 bits per heavy atom. The first kappa shape index (κ1) is 16.9. The van der Waals surface area contributed by atoms with Gasteiger partial charge in [-0.1, -0.05) is 47.7 Å². The predicted molar refractivity (Wildman–Crippen MR) is 108 cm³/mol. The highest BCUT2D eigenvalue weighted by Gasteiger charge is 2.34. The molecule has 0 fully saturated rings. The number of para-hydroxylation sites is 1. The molecule has 29 heavy (non-hydrogen) atoms. The fourth-order valence-electron chi connectivity index (χ4n) is 3.44. The van der Waals surface area contributed by atoms with Crippen LogP contribution in [0.25, 0.3) is 16.7 Å². The standard InChI is InChI=1S/C22H14N4O3/c27-14-7-5-6-13(12-14)23-19-20(26-18-11-4-3-10-17(18)24-25-26)22(29)16-9-2-1-8-15(16)21(19)28/h1-12,23,27H. The molecular formula is C22H14N4O3. The minimum absolute atomic E-state index is 0.0401. The van der Waals surface area contributed by atoms with Gasteiger partial charge in [-0.15, -0.1) is 5.10 Å². The molecule has 0 saturated carbocycles. The molecule has 5 rings (SSSR count). The van der Waals surface area contributed by atoms with E-state index in [2.05, 4.69) is 15.6 Å². The van der Waals surface area contributed by atoms with E-state index in [1.54, 1.807) is 48.5 Å². The van der Waals surface area contributed by atoms with E-state index >= 15 is 0 Å². The van der Waals surface area contributed by atoms with Gasteiger partial charge in [-0.3, -0.25) is 9.59 Å². The van der Waals surface area contributed by atoms with Crippen molar-refractivity contribution in [1.29, 1.82) is 0 Å². The summed E-state index contributed by atoms with van der Waals surface area (Å²) in [6, 6.07) is 20.2. The second-order valence-electron chi connectivity index (χ2n) is 6.59. The van der Waals surface area contributed by atoms with Gasteiger partial charge in [-0.2, -0.15) is 0 Å². The van der Waals surface area contributed by atoms with Gasteiger partial charge in [0.2, 0.25) is 11.6 Å². The van der Waals surface area contributed by atoms with Crippen LogP contribution < -0.4 is 5.32 Å². The second-order valence-corrected chi connectivity index (χ2v) is 6.59. The first-order valence-electron chi connectivity index (χ1n) is 8.93. The van der Waals surface area contributed by atoms with Crippen LogP contribution in [0.2, 0.25) is 0 Å². The topological polar surface area (TPSA) is 97.1 Å². The number of aromatic hydroxyl groups is 1. The van der Waals surface area contributed by atoms with Crippen LogP contribution in [0, 0.1) is 0 Å². The van der Waals surface area contributed by atoms with E-state index in [0.717, 1.165) is 0 Å². The van der Waals surface area contributed by atoms with Crippen molar-refractivity contribution in [2.45, 2.75) is 0 Å². The molecular weight excluding hydrogens is 368 g/mol. The number of benzene rings is 3. The summed E-state index contributed by atoms with van der Waals surface area (Å²) in [7, 11) is 0. The summed E-state index contributed by atoms with van der Waals surface area (Å²) < 4.78 is 1.39. The number of rotatable bonds is 3. The molecule has 0 atom stereocenters. The zero-order valence-corrected chi connectivity index (χ0v) is 15.0. The van der Waals surface area contributed by atoms with Crippen molar-refractivity contribution in [1.82, 2.24) is 15.0 Å². The van der Waals surface area contributed by atoms with Crippen LogP contribution in [-0.2, 0) is 0 Å². The molecule has 0 amide bonds. The maximum Gasteiger partial charge on any atom is 0.214 e. The van der Waals surface area contributed by atoms with Crippen molar-refractivity contribution in [3.8, 4) is 5.75 Å². The summed E-state index contributed by atoms with van der Waals surface area (Å²) in [6.45, 7) is 0. The summed E-state index contributed by atoms with van der Waals surface area (Å²) in [5, 5.41) is 21.0. The van der Waals surface area contributed by atoms with Crippen molar-refractivity contribution >= 4 is 34.0 Å². The smallest absolute Gasteiger partial charge is 0.214 e. The Balaban J connectivity index is 1.77. The van der Waals surface area contributed by atoms with Gasteiger partial charge in [0.25, 0.3) is 0 Å². The zero-order valence-electron chi connectivity index (χ0n) is 15.0. The monoisotopic (exact) mass is 382 g/mol. The van der Waals surface area contributed by atoms with Crippen molar-refractivity contribution in [2.24, 2.45) is 0 Å². The predicted octanol–water partition coefficient (Wildman–Crippen LogP) is 3.50. The van der Waals surface area contributed by atoms with Gasteiger partial charge >= 0.3 is 0 Å². The first-order chi connectivity index (χ1) is 14.1. The van der Waals surface area contributed by atoms with Crippen LogP contribution in [0.4, 0.5) is 5.69 Å². The number of anilines is 1. The fourth-order valence-corrected chi connectivity index (χ4v) is 3.44. The summed E-state index contributed by atoms with van der Waals surface area (Å²) in [5.41, 5.74) is 2.49. The molecule has 1 aliphatic rings. The molecule has 0 radical (unpaired) electrons. The normalized spacial score (nSPS) is 13.7. The van der Waals surface area contributed by atoms with E-state index in [4.69, 9.17) is 0 Å². The number of carbonyl (C=O) groups is 2. The van der Waals surface area contributed by atoms with E-state index in [9.17, 15) is 14.7 Å². The van der Waals surface area contributed by atoms with Crippen molar-refractivity contribution in [2.75, 3.05) is 5.32 Å². The van der Waals surface area contributed by atoms with Gasteiger partial charge in [-0.25, -0.2) is 4.68 Å². The number of Topliss-reactive ketones (excluding diaryl/α,β-unsaturated/α-hetero) is 2. The average molecular weight is 382 g/mol. The third-order valence-corrected chi connectivity index (χ3v) is 4.77. The lowest BCUT2D eigenvalue weighted by molar-refractivity contribution is 0.0988. The SMILES string of the molecule is O=C1C(Nc2cccc(O)c2)=C(n2nnc3ccccc32)C(=O)c2ccccc21. The first-order valence-corrected chi connectivity index (χ1v) is 8.93. The molecule has 4 aromatic rings. The number of phenols is 1. The largest absolute Gasteiger partial charge is 0.508 e. The lowest BCUT2D eigenvalue weighted by atomic mass is 9.90. The lowest BCUT2D eigenvalue weighted by Gasteiger charge is -2.22. The number of carbonyl (C=O) groups excluding carboxylic acids is 2. The van der Waals surface area contributed by atoms with E-state index in [0.29, 0.717) is 27.8 Å².